The average molecular weight is 357 g/mol. The van der Waals surface area contributed by atoms with Gasteiger partial charge in [0, 0.05) is 11.1 Å². The van der Waals surface area contributed by atoms with Crippen LogP contribution in [0.4, 0.5) is 11.4 Å². The monoisotopic (exact) mass is 356 g/mol. The second-order valence-electron chi connectivity index (χ2n) is 5.63. The first-order valence-electron chi connectivity index (χ1n) is 7.57. The number of anilines is 2. The number of ether oxygens (including phenoxy) is 1. The highest BCUT2D eigenvalue weighted by atomic mass is 35.5. The van der Waals surface area contributed by atoms with Gasteiger partial charge in [-0.1, -0.05) is 29.0 Å². The number of nitrogens with zero attached hydrogens (tertiary/aromatic N) is 4. The molecule has 2 amide bonds. The molecule has 0 aromatic heterocycles. The molecule has 1 fully saturated rings. The lowest BCUT2D eigenvalue weighted by Gasteiger charge is -2.21. The maximum atomic E-state index is 12.9. The maximum Gasteiger partial charge on any atom is 0.263 e. The van der Waals surface area contributed by atoms with Crippen LogP contribution < -0.4 is 14.6 Å². The molecule has 2 aromatic rings. The fourth-order valence-corrected chi connectivity index (χ4v) is 3.18. The SMILES string of the molecule is COc1cccc(N2N=N[C@@H]3C(=O)N(c4cccc(Cl)c4)C(=O)[C@@H]32)c1. The Morgan fingerprint density at radius 3 is 2.56 bits per heavy atom. The minimum atomic E-state index is -0.863. The third-order valence-electron chi connectivity index (χ3n) is 4.17. The minimum absolute atomic E-state index is 0.384. The van der Waals surface area contributed by atoms with E-state index in [1.165, 1.54) is 5.01 Å². The number of carbonyl (C=O) groups is 2. The van der Waals surface area contributed by atoms with E-state index in [0.29, 0.717) is 22.1 Å². The van der Waals surface area contributed by atoms with Crippen LogP contribution in [0.2, 0.25) is 5.02 Å². The lowest BCUT2D eigenvalue weighted by atomic mass is 10.1. The van der Waals surface area contributed by atoms with E-state index in [-0.39, 0.29) is 5.91 Å². The Bertz CT molecular complexity index is 901. The number of carbonyl (C=O) groups excluding carboxylic acids is 2. The van der Waals surface area contributed by atoms with Gasteiger partial charge in [-0.3, -0.25) is 9.59 Å². The molecule has 2 heterocycles. The molecule has 0 saturated carbocycles. The summed E-state index contributed by atoms with van der Waals surface area (Å²) in [4.78, 5) is 26.7. The number of imide groups is 1. The van der Waals surface area contributed by atoms with Crippen molar-refractivity contribution in [3.8, 4) is 5.75 Å². The molecule has 8 heteroatoms. The van der Waals surface area contributed by atoms with Gasteiger partial charge in [-0.25, -0.2) is 9.91 Å². The van der Waals surface area contributed by atoms with Crippen LogP contribution >= 0.6 is 11.6 Å². The molecular formula is C17H13ClN4O3. The van der Waals surface area contributed by atoms with E-state index >= 15 is 0 Å². The number of rotatable bonds is 3. The van der Waals surface area contributed by atoms with Gasteiger partial charge in [0.15, 0.2) is 12.1 Å². The Kier molecular flexibility index (Phi) is 3.65. The normalized spacial score (nSPS) is 21.8. The van der Waals surface area contributed by atoms with E-state index in [4.69, 9.17) is 16.3 Å². The molecule has 4 rings (SSSR count). The van der Waals surface area contributed by atoms with Gasteiger partial charge in [0.25, 0.3) is 11.8 Å². The number of fused-ring (bicyclic) bond motifs is 1. The molecule has 2 aromatic carbocycles. The summed E-state index contributed by atoms with van der Waals surface area (Å²) in [5.41, 5.74) is 1.06. The third-order valence-corrected chi connectivity index (χ3v) is 4.40. The molecule has 0 N–H and O–H groups in total. The minimum Gasteiger partial charge on any atom is -0.497 e. The molecule has 0 aliphatic carbocycles. The molecule has 0 unspecified atom stereocenters. The van der Waals surface area contributed by atoms with Crippen molar-refractivity contribution in [3.63, 3.8) is 0 Å². The van der Waals surface area contributed by atoms with Crippen molar-refractivity contribution >= 4 is 34.8 Å². The number of amides is 2. The van der Waals surface area contributed by atoms with Crippen molar-refractivity contribution in [1.29, 1.82) is 0 Å². The molecule has 2 aliphatic rings. The Morgan fingerprint density at radius 1 is 1.04 bits per heavy atom. The number of benzene rings is 2. The molecule has 0 radical (unpaired) electrons. The van der Waals surface area contributed by atoms with Gasteiger partial charge in [0.1, 0.15) is 5.75 Å². The summed E-state index contributed by atoms with van der Waals surface area (Å²) in [6.45, 7) is 0. The van der Waals surface area contributed by atoms with Crippen LogP contribution in [0.15, 0.2) is 58.9 Å². The van der Waals surface area contributed by atoms with Gasteiger partial charge in [0.05, 0.1) is 18.5 Å². The fraction of sp³-hybridized carbons (Fsp3) is 0.176. The highest BCUT2D eigenvalue weighted by Gasteiger charge is 2.55. The van der Waals surface area contributed by atoms with Crippen LogP contribution in [0.5, 0.6) is 5.75 Å². The predicted octanol–water partition coefficient (Wildman–Crippen LogP) is 2.85. The van der Waals surface area contributed by atoms with Crippen molar-refractivity contribution in [1.82, 2.24) is 0 Å². The molecular weight excluding hydrogens is 344 g/mol. The van der Waals surface area contributed by atoms with Crippen LogP contribution in [0.1, 0.15) is 0 Å². The van der Waals surface area contributed by atoms with Crippen molar-refractivity contribution in [2.75, 3.05) is 17.0 Å². The summed E-state index contributed by atoms with van der Waals surface area (Å²) < 4.78 is 5.20. The fourth-order valence-electron chi connectivity index (χ4n) is 3.00. The van der Waals surface area contributed by atoms with E-state index in [9.17, 15) is 9.59 Å². The van der Waals surface area contributed by atoms with Gasteiger partial charge in [-0.05, 0) is 30.3 Å². The zero-order valence-electron chi connectivity index (χ0n) is 13.2. The van der Waals surface area contributed by atoms with Crippen molar-refractivity contribution in [2.45, 2.75) is 12.1 Å². The summed E-state index contributed by atoms with van der Waals surface area (Å²) in [6.07, 6.45) is 0. The Hall–Kier alpha value is -2.93. The summed E-state index contributed by atoms with van der Waals surface area (Å²) in [5.74, 6) is -0.170. The van der Waals surface area contributed by atoms with Gasteiger partial charge in [0.2, 0.25) is 0 Å². The highest BCUT2D eigenvalue weighted by Crippen LogP contribution is 2.36. The van der Waals surface area contributed by atoms with Crippen molar-refractivity contribution in [2.24, 2.45) is 10.3 Å². The van der Waals surface area contributed by atoms with E-state index in [0.717, 1.165) is 4.90 Å². The second kappa shape index (κ2) is 5.86. The molecule has 25 heavy (non-hydrogen) atoms. The predicted molar refractivity (Wildman–Crippen MR) is 91.9 cm³/mol. The third kappa shape index (κ3) is 2.44. The van der Waals surface area contributed by atoms with Gasteiger partial charge in [-0.15, -0.1) is 0 Å². The summed E-state index contributed by atoms with van der Waals surface area (Å²) in [7, 11) is 1.55. The molecule has 1 saturated heterocycles. The zero-order valence-corrected chi connectivity index (χ0v) is 13.9. The topological polar surface area (TPSA) is 74.6 Å². The molecule has 0 spiro atoms. The number of halogens is 1. The molecule has 0 bridgehead atoms. The van der Waals surface area contributed by atoms with Gasteiger partial charge in [-0.2, -0.15) is 5.11 Å². The first kappa shape index (κ1) is 15.6. The molecule has 2 atom stereocenters. The lowest BCUT2D eigenvalue weighted by Crippen LogP contribution is -2.39. The number of hydrogen-bond donors (Lipinski definition) is 0. The largest absolute Gasteiger partial charge is 0.497 e. The number of hydrogen-bond acceptors (Lipinski definition) is 6. The molecule has 2 aliphatic heterocycles. The molecule has 126 valence electrons. The molecule has 7 nitrogen and oxygen atoms in total. The van der Waals surface area contributed by atoms with Crippen LogP contribution in [-0.4, -0.2) is 31.0 Å². The van der Waals surface area contributed by atoms with E-state index < -0.39 is 18.0 Å². The van der Waals surface area contributed by atoms with E-state index in [1.54, 1.807) is 55.6 Å². The number of methoxy groups -OCH3 is 1. The highest BCUT2D eigenvalue weighted by molar-refractivity contribution is 6.31. The first-order valence-corrected chi connectivity index (χ1v) is 7.95. The summed E-state index contributed by atoms with van der Waals surface area (Å²) >= 11 is 5.98. The smallest absolute Gasteiger partial charge is 0.263 e. The Morgan fingerprint density at radius 2 is 1.80 bits per heavy atom. The maximum absolute atomic E-state index is 12.9. The van der Waals surface area contributed by atoms with Crippen LogP contribution in [0.25, 0.3) is 0 Å². The summed E-state index contributed by atoms with van der Waals surface area (Å²) in [6, 6.07) is 12.0. The standard InChI is InChI=1S/C17H13ClN4O3/c1-25-13-7-3-6-12(9-13)22-15-14(19-20-22)16(23)21(17(15)24)11-5-2-4-10(18)8-11/h2-9,14-15H,1H3/t14-,15+/m0/s1. The van der Waals surface area contributed by atoms with E-state index in [1.807, 2.05) is 0 Å². The van der Waals surface area contributed by atoms with Crippen LogP contribution in [0.3, 0.4) is 0 Å². The average Bonchev–Trinajstić information content (AvgIpc) is 3.16. The van der Waals surface area contributed by atoms with Gasteiger partial charge >= 0.3 is 0 Å². The quantitative estimate of drug-likeness (QED) is 0.792. The van der Waals surface area contributed by atoms with Crippen LogP contribution in [-0.2, 0) is 9.59 Å². The first-order chi connectivity index (χ1) is 12.1. The zero-order chi connectivity index (χ0) is 17.6. The Labute approximate surface area is 148 Å². The van der Waals surface area contributed by atoms with Gasteiger partial charge < -0.3 is 4.74 Å². The second-order valence-corrected chi connectivity index (χ2v) is 6.07. The van der Waals surface area contributed by atoms with Crippen molar-refractivity contribution < 1.29 is 14.3 Å². The Balaban J connectivity index is 1.70. The van der Waals surface area contributed by atoms with Crippen LogP contribution in [0, 0.1) is 0 Å². The summed E-state index contributed by atoms with van der Waals surface area (Å²) in [5, 5.41) is 9.93. The van der Waals surface area contributed by atoms with Crippen molar-refractivity contribution in [3.05, 3.63) is 53.6 Å². The van der Waals surface area contributed by atoms with E-state index in [2.05, 4.69) is 10.3 Å². The lowest BCUT2D eigenvalue weighted by molar-refractivity contribution is -0.121.